The molecule has 9 atom stereocenters. The molecular weight excluding hydrogens is 562 g/mol. The largest absolute Gasteiger partial charge is 0.509 e. The van der Waals surface area contributed by atoms with E-state index in [1.54, 1.807) is 20.8 Å². The lowest BCUT2D eigenvalue weighted by Gasteiger charge is -2.63. The van der Waals surface area contributed by atoms with Crippen LogP contribution in [0.3, 0.4) is 0 Å². The molecule has 5 aliphatic rings. The van der Waals surface area contributed by atoms with E-state index in [0.717, 1.165) is 31.8 Å². The average molecular weight is 607 g/mol. The maximum Gasteiger partial charge on any atom is 0.509 e. The molecule has 10 heteroatoms. The maximum atomic E-state index is 17.6. The molecule has 1 N–H and O–H groups in total. The summed E-state index contributed by atoms with van der Waals surface area (Å²) in [5, 5.41) is 11.6. The summed E-state index contributed by atoms with van der Waals surface area (Å²) in [6, 6.07) is 0. The van der Waals surface area contributed by atoms with Crippen LogP contribution in [0.5, 0.6) is 0 Å². The molecule has 8 nitrogen and oxygen atoms in total. The van der Waals surface area contributed by atoms with Gasteiger partial charge in [-0.25, -0.2) is 13.6 Å². The number of ketones is 2. The van der Waals surface area contributed by atoms with Crippen molar-refractivity contribution in [1.82, 2.24) is 0 Å². The first-order valence-electron chi connectivity index (χ1n) is 15.8. The molecule has 0 amide bonds. The molecule has 0 aliphatic heterocycles. The van der Waals surface area contributed by atoms with Gasteiger partial charge in [-0.15, -0.1) is 0 Å². The number of hydrogen-bond acceptors (Lipinski definition) is 8. The van der Waals surface area contributed by atoms with Crippen molar-refractivity contribution in [2.75, 3.05) is 13.2 Å². The monoisotopic (exact) mass is 606 g/mol. The highest BCUT2D eigenvalue weighted by Crippen LogP contribution is 2.71. The molecule has 238 valence electrons. The van der Waals surface area contributed by atoms with Crippen molar-refractivity contribution < 1.29 is 47.3 Å². The normalized spacial score (nSPS) is 42.0. The predicted molar refractivity (Wildman–Crippen MR) is 151 cm³/mol. The van der Waals surface area contributed by atoms with Crippen LogP contribution in [0.2, 0.25) is 0 Å². The fourth-order valence-corrected chi connectivity index (χ4v) is 9.62. The standard InChI is InChI=1S/C33H44F2O8/c1-5-41-29(40)43-33(27(38)18-42-28(39)11-10-20-8-6-7-9-20)19(2)14-22-23-16-25(34)24-15-21(36)12-13-30(24,3)32(23,35)26(37)17-31(22,33)4/h12-13,15,19-20,22-23,25-26,37H,5-11,14,16-18H2,1-4H3/t19-,22+,23+,25+,26+,30+,31+,32+,33+/m1/s1. The van der Waals surface area contributed by atoms with Crippen molar-refractivity contribution in [1.29, 1.82) is 0 Å². The Kier molecular flexibility index (Phi) is 8.42. The van der Waals surface area contributed by atoms with Crippen LogP contribution in [0.4, 0.5) is 13.6 Å². The third kappa shape index (κ3) is 4.77. The first-order valence-corrected chi connectivity index (χ1v) is 15.8. The van der Waals surface area contributed by atoms with Gasteiger partial charge >= 0.3 is 12.1 Å². The highest BCUT2D eigenvalue weighted by Gasteiger charge is 2.78. The van der Waals surface area contributed by atoms with Gasteiger partial charge < -0.3 is 19.3 Å². The number of alkyl halides is 2. The number of ether oxygens (including phenoxy) is 3. The van der Waals surface area contributed by atoms with Gasteiger partial charge in [-0.3, -0.25) is 14.4 Å². The number of Topliss-reactive ketones (excluding diaryl/α,β-unsaturated/α-hetero) is 1. The van der Waals surface area contributed by atoms with Gasteiger partial charge in [-0.1, -0.05) is 45.6 Å². The Morgan fingerprint density at radius 1 is 1.09 bits per heavy atom. The van der Waals surface area contributed by atoms with Gasteiger partial charge in [0.2, 0.25) is 5.78 Å². The van der Waals surface area contributed by atoms with Crippen molar-refractivity contribution in [2.45, 2.75) is 109 Å². The molecule has 4 fully saturated rings. The van der Waals surface area contributed by atoms with E-state index in [9.17, 15) is 24.3 Å². The molecule has 43 heavy (non-hydrogen) atoms. The van der Waals surface area contributed by atoms with E-state index in [1.165, 1.54) is 19.1 Å². The van der Waals surface area contributed by atoms with Crippen LogP contribution in [0, 0.1) is 34.5 Å². The molecular formula is C33H44F2O8. The second-order valence-electron chi connectivity index (χ2n) is 13.8. The van der Waals surface area contributed by atoms with Gasteiger partial charge in [0.25, 0.3) is 0 Å². The molecule has 0 unspecified atom stereocenters. The van der Waals surface area contributed by atoms with Crippen LogP contribution in [0.1, 0.15) is 85.5 Å². The van der Waals surface area contributed by atoms with E-state index in [1.807, 2.05) is 0 Å². The first kappa shape index (κ1) is 31.8. The van der Waals surface area contributed by atoms with Gasteiger partial charge in [0.05, 0.1) is 12.7 Å². The van der Waals surface area contributed by atoms with Crippen molar-refractivity contribution in [3.63, 3.8) is 0 Å². The summed E-state index contributed by atoms with van der Waals surface area (Å²) in [5.74, 6) is -3.60. The lowest BCUT2D eigenvalue weighted by Crippen LogP contribution is -2.71. The van der Waals surface area contributed by atoms with E-state index in [0.29, 0.717) is 12.3 Å². The highest BCUT2D eigenvalue weighted by atomic mass is 19.1. The minimum atomic E-state index is -2.35. The van der Waals surface area contributed by atoms with Crippen LogP contribution in [-0.2, 0) is 28.6 Å². The summed E-state index contributed by atoms with van der Waals surface area (Å²) in [4.78, 5) is 51.8. The van der Waals surface area contributed by atoms with Crippen molar-refractivity contribution in [3.8, 4) is 0 Å². The summed E-state index contributed by atoms with van der Waals surface area (Å²) < 4.78 is 49.8. The van der Waals surface area contributed by atoms with Crippen LogP contribution in [-0.4, -0.2) is 65.6 Å². The SMILES string of the molecule is CCOC(=O)O[C@]1(C(=O)COC(=O)CCC2CCCC2)[C@H](C)C[C@H]2[C@@H]3C[C@H](F)C4=CC(=O)C=C[C@]4(C)[C@@]3(F)[C@@H](O)C[C@@]21C. The third-order valence-electron chi connectivity index (χ3n) is 11.7. The molecule has 5 rings (SSSR count). The van der Waals surface area contributed by atoms with E-state index in [2.05, 4.69) is 0 Å². The number of carbonyl (C=O) groups is 4. The quantitative estimate of drug-likeness (QED) is 0.358. The summed E-state index contributed by atoms with van der Waals surface area (Å²) in [7, 11) is 0. The van der Waals surface area contributed by atoms with Crippen molar-refractivity contribution in [3.05, 3.63) is 23.8 Å². The van der Waals surface area contributed by atoms with Crippen molar-refractivity contribution >= 4 is 23.7 Å². The van der Waals surface area contributed by atoms with Gasteiger partial charge in [-0.2, -0.15) is 0 Å². The summed E-state index contributed by atoms with van der Waals surface area (Å²) in [5.41, 5.74) is -7.18. The number of fused-ring (bicyclic) bond motifs is 5. The number of esters is 1. The van der Waals surface area contributed by atoms with Crippen molar-refractivity contribution in [2.24, 2.45) is 34.5 Å². The van der Waals surface area contributed by atoms with Gasteiger partial charge in [0, 0.05) is 29.1 Å². The minimum Gasteiger partial charge on any atom is -0.457 e. The van der Waals surface area contributed by atoms with Crippen LogP contribution in [0.15, 0.2) is 23.8 Å². The topological polar surface area (TPSA) is 116 Å². The summed E-state index contributed by atoms with van der Waals surface area (Å²) >= 11 is 0. The molecule has 5 aliphatic carbocycles. The zero-order valence-electron chi connectivity index (χ0n) is 25.5. The van der Waals surface area contributed by atoms with Gasteiger partial charge in [0.15, 0.2) is 23.7 Å². The van der Waals surface area contributed by atoms with E-state index >= 15 is 8.78 Å². The number of rotatable bonds is 8. The van der Waals surface area contributed by atoms with E-state index < -0.39 is 82.4 Å². The van der Waals surface area contributed by atoms with Crippen LogP contribution < -0.4 is 0 Å². The zero-order chi connectivity index (χ0) is 31.4. The molecule has 0 heterocycles. The molecule has 0 saturated heterocycles. The Morgan fingerprint density at radius 2 is 1.79 bits per heavy atom. The van der Waals surface area contributed by atoms with Gasteiger partial charge in [0.1, 0.15) is 6.17 Å². The molecule has 0 spiro atoms. The minimum absolute atomic E-state index is 0.00192. The molecule has 0 bridgehead atoms. The second-order valence-corrected chi connectivity index (χ2v) is 13.8. The Labute approximate surface area is 251 Å². The Balaban J connectivity index is 1.47. The fourth-order valence-electron chi connectivity index (χ4n) is 9.62. The van der Waals surface area contributed by atoms with Gasteiger partial charge in [-0.05, 0) is 69.1 Å². The van der Waals surface area contributed by atoms with Crippen LogP contribution >= 0.6 is 0 Å². The second kappa shape index (κ2) is 11.4. The lowest BCUT2D eigenvalue weighted by molar-refractivity contribution is -0.226. The number of halogens is 2. The zero-order valence-corrected chi connectivity index (χ0v) is 25.5. The fraction of sp³-hybridized carbons (Fsp3) is 0.758. The number of aliphatic hydroxyl groups is 1. The van der Waals surface area contributed by atoms with Crippen LogP contribution in [0.25, 0.3) is 0 Å². The van der Waals surface area contributed by atoms with E-state index in [4.69, 9.17) is 14.2 Å². The predicted octanol–water partition coefficient (Wildman–Crippen LogP) is 5.55. The third-order valence-corrected chi connectivity index (χ3v) is 11.7. The lowest BCUT2D eigenvalue weighted by atomic mass is 9.44. The highest BCUT2D eigenvalue weighted by molar-refractivity contribution is 6.01. The number of aliphatic hydroxyl groups excluding tert-OH is 1. The molecule has 4 saturated carbocycles. The molecule has 0 aromatic carbocycles. The number of hydrogen-bond donors (Lipinski definition) is 1. The Bertz CT molecular complexity index is 1230. The molecule has 0 aromatic rings. The first-order chi connectivity index (χ1) is 20.2. The summed E-state index contributed by atoms with van der Waals surface area (Å²) in [6.07, 6.45) is 4.16. The number of carbonyl (C=O) groups excluding carboxylic acids is 4. The molecule has 0 radical (unpaired) electrons. The molecule has 0 aromatic heterocycles. The smallest absolute Gasteiger partial charge is 0.457 e. The van der Waals surface area contributed by atoms with E-state index in [-0.39, 0.29) is 37.9 Å². The Morgan fingerprint density at radius 3 is 2.47 bits per heavy atom. The Hall–Kier alpha value is -2.62. The number of allylic oxidation sites excluding steroid dienone is 4. The average Bonchev–Trinajstić information content (AvgIpc) is 3.55. The maximum absolute atomic E-state index is 17.6. The summed E-state index contributed by atoms with van der Waals surface area (Å²) in [6.45, 7) is 5.79.